The number of carbonyl (C=O) groups excluding carboxylic acids is 1. The lowest BCUT2D eigenvalue weighted by Crippen LogP contribution is -2.25. The minimum atomic E-state index is -0.0283. The van der Waals surface area contributed by atoms with Crippen LogP contribution in [-0.2, 0) is 11.3 Å². The van der Waals surface area contributed by atoms with E-state index >= 15 is 0 Å². The molecule has 0 saturated heterocycles. The van der Waals surface area contributed by atoms with Gasteiger partial charge in [0.05, 0.1) is 6.61 Å². The molecule has 19 heavy (non-hydrogen) atoms. The highest BCUT2D eigenvalue weighted by molar-refractivity contribution is 5.76. The number of nitrogens with one attached hydrogen (secondary N) is 1. The maximum Gasteiger partial charge on any atom is 0.221 e. The van der Waals surface area contributed by atoms with Crippen molar-refractivity contribution in [1.29, 1.82) is 0 Å². The molecular weight excluding hydrogens is 240 g/mol. The Hall–Kier alpha value is -1.55. The summed E-state index contributed by atoms with van der Waals surface area (Å²) in [6, 6.07) is 7.79. The van der Waals surface area contributed by atoms with Crippen LogP contribution in [0.25, 0.3) is 0 Å². The van der Waals surface area contributed by atoms with Crippen LogP contribution in [0.5, 0.6) is 5.75 Å². The molecule has 106 valence electrons. The quantitative estimate of drug-likeness (QED) is 0.755. The largest absolute Gasteiger partial charge is 0.493 e. The van der Waals surface area contributed by atoms with Crippen molar-refractivity contribution < 1.29 is 9.53 Å². The molecular formula is C15H24N2O2. The van der Waals surface area contributed by atoms with Crippen LogP contribution in [0.4, 0.5) is 0 Å². The van der Waals surface area contributed by atoms with Gasteiger partial charge in [0, 0.05) is 25.1 Å². The Labute approximate surface area is 115 Å². The standard InChI is InChI=1S/C15H24N2O2/c1-12(2)8-10-19-14-6-4-3-5-13(14)11-17-15(18)7-9-16/h3-6,12H,7-11,16H2,1-2H3,(H,17,18). The van der Waals surface area contributed by atoms with Crippen molar-refractivity contribution in [2.24, 2.45) is 11.7 Å². The van der Waals surface area contributed by atoms with Crippen LogP contribution >= 0.6 is 0 Å². The van der Waals surface area contributed by atoms with E-state index in [-0.39, 0.29) is 5.91 Å². The van der Waals surface area contributed by atoms with Gasteiger partial charge in [-0.3, -0.25) is 4.79 Å². The van der Waals surface area contributed by atoms with Crippen LogP contribution in [0.3, 0.4) is 0 Å². The van der Waals surface area contributed by atoms with Crippen molar-refractivity contribution in [2.45, 2.75) is 33.2 Å². The van der Waals surface area contributed by atoms with Crippen LogP contribution in [0, 0.1) is 5.92 Å². The van der Waals surface area contributed by atoms with Crippen LogP contribution in [0.15, 0.2) is 24.3 Å². The third-order valence-corrected chi connectivity index (χ3v) is 2.77. The number of benzene rings is 1. The fourth-order valence-electron chi connectivity index (χ4n) is 1.61. The topological polar surface area (TPSA) is 64.3 Å². The highest BCUT2D eigenvalue weighted by Gasteiger charge is 2.05. The van der Waals surface area contributed by atoms with E-state index in [1.165, 1.54) is 0 Å². The number of hydrogen-bond acceptors (Lipinski definition) is 3. The van der Waals surface area contributed by atoms with E-state index in [0.717, 1.165) is 17.7 Å². The first-order valence-electron chi connectivity index (χ1n) is 6.81. The number of para-hydroxylation sites is 1. The summed E-state index contributed by atoms with van der Waals surface area (Å²) in [5.74, 6) is 1.44. The Balaban J connectivity index is 2.50. The lowest BCUT2D eigenvalue weighted by molar-refractivity contribution is -0.121. The second kappa shape index (κ2) is 8.53. The molecule has 1 aromatic carbocycles. The Kier molecular flexibility index (Phi) is 6.97. The Morgan fingerprint density at radius 3 is 2.79 bits per heavy atom. The van der Waals surface area contributed by atoms with Gasteiger partial charge >= 0.3 is 0 Å². The molecule has 0 atom stereocenters. The van der Waals surface area contributed by atoms with Gasteiger partial charge in [-0.25, -0.2) is 0 Å². The summed E-state index contributed by atoms with van der Waals surface area (Å²) in [7, 11) is 0. The molecule has 4 nitrogen and oxygen atoms in total. The fraction of sp³-hybridized carbons (Fsp3) is 0.533. The summed E-state index contributed by atoms with van der Waals surface area (Å²) < 4.78 is 5.76. The molecule has 0 saturated carbocycles. The maximum atomic E-state index is 11.4. The minimum Gasteiger partial charge on any atom is -0.493 e. The number of rotatable bonds is 8. The molecule has 3 N–H and O–H groups in total. The van der Waals surface area contributed by atoms with Crippen molar-refractivity contribution >= 4 is 5.91 Å². The third kappa shape index (κ3) is 6.25. The number of carbonyl (C=O) groups is 1. The van der Waals surface area contributed by atoms with Crippen molar-refractivity contribution in [3.8, 4) is 5.75 Å². The smallest absolute Gasteiger partial charge is 0.221 e. The zero-order valence-corrected chi connectivity index (χ0v) is 11.8. The second-order valence-corrected chi connectivity index (χ2v) is 4.95. The monoisotopic (exact) mass is 264 g/mol. The highest BCUT2D eigenvalue weighted by Crippen LogP contribution is 2.18. The summed E-state index contributed by atoms with van der Waals surface area (Å²) in [5, 5.41) is 2.84. The summed E-state index contributed by atoms with van der Waals surface area (Å²) in [6.07, 6.45) is 1.38. The van der Waals surface area contributed by atoms with E-state index in [0.29, 0.717) is 32.0 Å². The normalized spacial score (nSPS) is 10.5. The van der Waals surface area contributed by atoms with Crippen LogP contribution in [0.2, 0.25) is 0 Å². The molecule has 4 heteroatoms. The first kappa shape index (κ1) is 15.5. The first-order valence-corrected chi connectivity index (χ1v) is 6.81. The molecule has 0 bridgehead atoms. The van der Waals surface area contributed by atoms with Crippen molar-refractivity contribution in [2.75, 3.05) is 13.2 Å². The number of hydrogen-bond donors (Lipinski definition) is 2. The molecule has 0 aliphatic carbocycles. The molecule has 0 radical (unpaired) electrons. The van der Waals surface area contributed by atoms with Crippen LogP contribution in [0.1, 0.15) is 32.3 Å². The van der Waals surface area contributed by atoms with E-state index in [1.54, 1.807) is 0 Å². The fourth-order valence-corrected chi connectivity index (χ4v) is 1.61. The maximum absolute atomic E-state index is 11.4. The SMILES string of the molecule is CC(C)CCOc1ccccc1CNC(=O)CCN. The molecule has 1 aromatic rings. The van der Waals surface area contributed by atoms with Gasteiger partial charge in [-0.05, 0) is 18.4 Å². The first-order chi connectivity index (χ1) is 9.13. The van der Waals surface area contributed by atoms with Gasteiger partial charge in [-0.1, -0.05) is 32.0 Å². The average molecular weight is 264 g/mol. The predicted molar refractivity (Wildman–Crippen MR) is 76.9 cm³/mol. The van der Waals surface area contributed by atoms with Crippen molar-refractivity contribution in [3.63, 3.8) is 0 Å². The van der Waals surface area contributed by atoms with Crippen LogP contribution < -0.4 is 15.8 Å². The molecule has 1 amide bonds. The van der Waals surface area contributed by atoms with Crippen molar-refractivity contribution in [1.82, 2.24) is 5.32 Å². The number of amides is 1. The van der Waals surface area contributed by atoms with Crippen LogP contribution in [-0.4, -0.2) is 19.1 Å². The molecule has 1 rings (SSSR count). The van der Waals surface area contributed by atoms with E-state index in [9.17, 15) is 4.79 Å². The van der Waals surface area contributed by atoms with Gasteiger partial charge < -0.3 is 15.8 Å². The van der Waals surface area contributed by atoms with Gasteiger partial charge in [0.1, 0.15) is 5.75 Å². The lowest BCUT2D eigenvalue weighted by Gasteiger charge is -2.13. The molecule has 0 unspecified atom stereocenters. The summed E-state index contributed by atoms with van der Waals surface area (Å²) >= 11 is 0. The van der Waals surface area contributed by atoms with E-state index in [2.05, 4.69) is 19.2 Å². The zero-order valence-electron chi connectivity index (χ0n) is 11.8. The Morgan fingerprint density at radius 2 is 2.11 bits per heavy atom. The van der Waals surface area contributed by atoms with Gasteiger partial charge in [0.15, 0.2) is 0 Å². The molecule has 0 aliphatic rings. The summed E-state index contributed by atoms with van der Waals surface area (Å²) in [6.45, 7) is 5.89. The van der Waals surface area contributed by atoms with E-state index < -0.39 is 0 Å². The molecule has 0 fully saturated rings. The van der Waals surface area contributed by atoms with Gasteiger partial charge in [-0.2, -0.15) is 0 Å². The number of ether oxygens (including phenoxy) is 1. The van der Waals surface area contributed by atoms with E-state index in [1.807, 2.05) is 24.3 Å². The summed E-state index contributed by atoms with van der Waals surface area (Å²) in [4.78, 5) is 11.4. The lowest BCUT2D eigenvalue weighted by atomic mass is 10.1. The third-order valence-electron chi connectivity index (χ3n) is 2.77. The molecule has 0 aromatic heterocycles. The molecule has 0 heterocycles. The summed E-state index contributed by atoms with van der Waals surface area (Å²) in [5.41, 5.74) is 6.33. The second-order valence-electron chi connectivity index (χ2n) is 4.95. The molecule has 0 aliphatic heterocycles. The Morgan fingerprint density at radius 1 is 1.37 bits per heavy atom. The van der Waals surface area contributed by atoms with Gasteiger partial charge in [0.2, 0.25) is 5.91 Å². The van der Waals surface area contributed by atoms with Crippen molar-refractivity contribution in [3.05, 3.63) is 29.8 Å². The average Bonchev–Trinajstić information content (AvgIpc) is 2.37. The molecule has 0 spiro atoms. The Bertz CT molecular complexity index is 391. The number of nitrogens with two attached hydrogens (primary N) is 1. The minimum absolute atomic E-state index is 0.0283. The predicted octanol–water partition coefficient (Wildman–Crippen LogP) is 2.08. The van der Waals surface area contributed by atoms with Gasteiger partial charge in [0.25, 0.3) is 0 Å². The van der Waals surface area contributed by atoms with Gasteiger partial charge in [-0.15, -0.1) is 0 Å². The highest BCUT2D eigenvalue weighted by atomic mass is 16.5. The zero-order chi connectivity index (χ0) is 14.1. The van der Waals surface area contributed by atoms with E-state index in [4.69, 9.17) is 10.5 Å².